The number of thiazole rings is 1. The molecule has 0 spiro atoms. The predicted molar refractivity (Wildman–Crippen MR) is 89.0 cm³/mol. The Morgan fingerprint density at radius 1 is 1.44 bits per heavy atom. The van der Waals surface area contributed by atoms with Gasteiger partial charge in [0.2, 0.25) is 5.89 Å². The molecular formula is C16H15N5O3S. The van der Waals surface area contributed by atoms with E-state index < -0.39 is 6.10 Å². The van der Waals surface area contributed by atoms with Gasteiger partial charge in [-0.2, -0.15) is 5.10 Å². The Labute approximate surface area is 147 Å². The molecule has 1 aliphatic rings. The van der Waals surface area contributed by atoms with Crippen molar-refractivity contribution in [2.75, 3.05) is 6.54 Å². The van der Waals surface area contributed by atoms with Crippen LogP contribution in [0.15, 0.2) is 34.4 Å². The minimum atomic E-state index is -0.470. The second-order valence-electron chi connectivity index (χ2n) is 5.82. The number of likely N-dealkylation sites (tertiary alicyclic amines) is 1. The molecule has 1 amide bonds. The molecule has 4 rings (SSSR count). The van der Waals surface area contributed by atoms with E-state index in [0.717, 1.165) is 5.01 Å². The first kappa shape index (κ1) is 15.9. The van der Waals surface area contributed by atoms with Gasteiger partial charge < -0.3 is 14.4 Å². The molecule has 2 atom stereocenters. The zero-order valence-corrected chi connectivity index (χ0v) is 14.2. The van der Waals surface area contributed by atoms with Crippen LogP contribution in [0.3, 0.4) is 0 Å². The number of amides is 1. The highest BCUT2D eigenvalue weighted by Gasteiger charge is 2.38. The average molecular weight is 357 g/mol. The SMILES string of the molecule is C[C@H]1[C@@H](O)CN1C(=O)c1coc(Cc2ccc(-c3nccs3)nn2)n1. The van der Waals surface area contributed by atoms with Crippen molar-refractivity contribution in [3.63, 3.8) is 0 Å². The lowest BCUT2D eigenvalue weighted by atomic mass is 10.0. The maximum atomic E-state index is 12.3. The van der Waals surface area contributed by atoms with Gasteiger partial charge in [-0.3, -0.25) is 4.79 Å². The number of carbonyl (C=O) groups is 1. The molecule has 0 saturated carbocycles. The van der Waals surface area contributed by atoms with Crippen LogP contribution in [0.1, 0.15) is 29.0 Å². The summed E-state index contributed by atoms with van der Waals surface area (Å²) < 4.78 is 5.37. The number of hydrogen-bond acceptors (Lipinski definition) is 8. The van der Waals surface area contributed by atoms with Crippen molar-refractivity contribution in [3.8, 4) is 10.7 Å². The van der Waals surface area contributed by atoms with Crippen molar-refractivity contribution in [1.82, 2.24) is 25.1 Å². The van der Waals surface area contributed by atoms with E-state index in [9.17, 15) is 9.90 Å². The number of rotatable bonds is 4. The lowest BCUT2D eigenvalue weighted by molar-refractivity contribution is -0.0360. The predicted octanol–water partition coefficient (Wildman–Crippen LogP) is 1.38. The number of aliphatic hydroxyl groups excluding tert-OH is 1. The Kier molecular flexibility index (Phi) is 4.02. The number of aliphatic hydroxyl groups is 1. The zero-order valence-electron chi connectivity index (χ0n) is 13.4. The number of aromatic nitrogens is 4. The molecule has 0 bridgehead atoms. The Morgan fingerprint density at radius 3 is 2.96 bits per heavy atom. The first-order valence-electron chi connectivity index (χ1n) is 7.77. The van der Waals surface area contributed by atoms with Crippen LogP contribution in [0.25, 0.3) is 10.7 Å². The standard InChI is InChI=1S/C16H15N5O3S/c1-9-13(22)7-21(9)16(23)12-8-24-14(18-12)6-10-2-3-11(20-19-10)15-17-4-5-25-15/h2-5,8-9,13,22H,6-7H2,1H3/t9-,13-/m0/s1. The highest BCUT2D eigenvalue weighted by molar-refractivity contribution is 7.13. The fourth-order valence-corrected chi connectivity index (χ4v) is 3.17. The fourth-order valence-electron chi connectivity index (χ4n) is 2.57. The van der Waals surface area contributed by atoms with Gasteiger partial charge in [0.05, 0.1) is 24.3 Å². The van der Waals surface area contributed by atoms with Gasteiger partial charge in [-0.05, 0) is 19.1 Å². The summed E-state index contributed by atoms with van der Waals surface area (Å²) in [4.78, 5) is 22.3. The Hall–Kier alpha value is -2.65. The minimum absolute atomic E-state index is 0.197. The van der Waals surface area contributed by atoms with Crippen molar-refractivity contribution in [2.24, 2.45) is 0 Å². The number of β-amino-alcohol motifs (C(OH)–C–C–N with tert-alkyl or cyclic N) is 1. The highest BCUT2D eigenvalue weighted by atomic mass is 32.1. The maximum absolute atomic E-state index is 12.3. The summed E-state index contributed by atoms with van der Waals surface area (Å²) in [6.45, 7) is 2.12. The molecule has 1 aliphatic heterocycles. The van der Waals surface area contributed by atoms with Gasteiger partial charge in [0.1, 0.15) is 17.0 Å². The van der Waals surface area contributed by atoms with E-state index in [2.05, 4.69) is 20.2 Å². The second kappa shape index (κ2) is 6.34. The van der Waals surface area contributed by atoms with Crippen LogP contribution in [-0.4, -0.2) is 54.8 Å². The maximum Gasteiger partial charge on any atom is 0.276 e. The molecule has 0 radical (unpaired) electrons. The van der Waals surface area contributed by atoms with Crippen molar-refractivity contribution < 1.29 is 14.3 Å². The molecule has 0 unspecified atom stereocenters. The Bertz CT molecular complexity index is 878. The molecule has 0 aromatic carbocycles. The van der Waals surface area contributed by atoms with Gasteiger partial charge >= 0.3 is 0 Å². The van der Waals surface area contributed by atoms with E-state index in [0.29, 0.717) is 30.2 Å². The number of nitrogens with zero attached hydrogens (tertiary/aromatic N) is 5. The van der Waals surface area contributed by atoms with Crippen LogP contribution in [0.4, 0.5) is 0 Å². The normalized spacial score (nSPS) is 19.7. The summed E-state index contributed by atoms with van der Waals surface area (Å²) in [6.07, 6.45) is 2.93. The van der Waals surface area contributed by atoms with Crippen LogP contribution in [0.5, 0.6) is 0 Å². The smallest absolute Gasteiger partial charge is 0.276 e. The molecule has 1 fully saturated rings. The van der Waals surface area contributed by atoms with Crippen molar-refractivity contribution >= 4 is 17.2 Å². The Morgan fingerprint density at radius 2 is 2.32 bits per heavy atom. The van der Waals surface area contributed by atoms with Gasteiger partial charge in [0.15, 0.2) is 5.69 Å². The van der Waals surface area contributed by atoms with Crippen molar-refractivity contribution in [2.45, 2.75) is 25.5 Å². The number of oxazole rings is 1. The largest absolute Gasteiger partial charge is 0.448 e. The topological polar surface area (TPSA) is 105 Å². The first-order valence-corrected chi connectivity index (χ1v) is 8.65. The van der Waals surface area contributed by atoms with E-state index in [1.807, 2.05) is 17.5 Å². The van der Waals surface area contributed by atoms with Crippen LogP contribution < -0.4 is 0 Å². The highest BCUT2D eigenvalue weighted by Crippen LogP contribution is 2.21. The van der Waals surface area contributed by atoms with Gasteiger partial charge in [-0.15, -0.1) is 16.4 Å². The van der Waals surface area contributed by atoms with E-state index >= 15 is 0 Å². The molecule has 128 valence electrons. The first-order chi connectivity index (χ1) is 12.1. The van der Waals surface area contributed by atoms with E-state index in [4.69, 9.17) is 4.42 Å². The van der Waals surface area contributed by atoms with Gasteiger partial charge in [0.25, 0.3) is 5.91 Å². The summed E-state index contributed by atoms with van der Waals surface area (Å²) in [5.74, 6) is 0.159. The average Bonchev–Trinajstić information content (AvgIpc) is 3.31. The van der Waals surface area contributed by atoms with Crippen LogP contribution in [-0.2, 0) is 6.42 Å². The third-order valence-electron chi connectivity index (χ3n) is 4.17. The number of hydrogen-bond donors (Lipinski definition) is 1. The molecule has 25 heavy (non-hydrogen) atoms. The van der Waals surface area contributed by atoms with Crippen LogP contribution in [0.2, 0.25) is 0 Å². The molecule has 3 aromatic rings. The second-order valence-corrected chi connectivity index (χ2v) is 6.71. The summed E-state index contributed by atoms with van der Waals surface area (Å²) in [5, 5.41) is 20.5. The molecular weight excluding hydrogens is 342 g/mol. The molecule has 4 heterocycles. The summed E-state index contributed by atoms with van der Waals surface area (Å²) >= 11 is 1.50. The van der Waals surface area contributed by atoms with E-state index in [-0.39, 0.29) is 17.6 Å². The van der Waals surface area contributed by atoms with Crippen molar-refractivity contribution in [3.05, 3.63) is 47.3 Å². The zero-order chi connectivity index (χ0) is 17.4. The summed E-state index contributed by atoms with van der Waals surface area (Å²) in [7, 11) is 0. The van der Waals surface area contributed by atoms with Gasteiger partial charge in [-0.25, -0.2) is 9.97 Å². The van der Waals surface area contributed by atoms with Crippen LogP contribution >= 0.6 is 11.3 Å². The summed E-state index contributed by atoms with van der Waals surface area (Å²) in [6, 6.07) is 3.49. The number of carbonyl (C=O) groups excluding carboxylic acids is 1. The molecule has 0 aliphatic carbocycles. The molecule has 8 nitrogen and oxygen atoms in total. The molecule has 3 aromatic heterocycles. The van der Waals surface area contributed by atoms with Gasteiger partial charge in [0, 0.05) is 18.1 Å². The van der Waals surface area contributed by atoms with E-state index in [1.54, 1.807) is 18.0 Å². The lowest BCUT2D eigenvalue weighted by Crippen LogP contribution is -2.60. The van der Waals surface area contributed by atoms with Crippen LogP contribution in [0, 0.1) is 0 Å². The fraction of sp³-hybridized carbons (Fsp3) is 0.312. The van der Waals surface area contributed by atoms with Crippen molar-refractivity contribution in [1.29, 1.82) is 0 Å². The monoisotopic (exact) mass is 357 g/mol. The molecule has 1 saturated heterocycles. The molecule has 9 heteroatoms. The van der Waals surface area contributed by atoms with E-state index in [1.165, 1.54) is 17.6 Å². The van der Waals surface area contributed by atoms with Gasteiger partial charge in [-0.1, -0.05) is 0 Å². The third-order valence-corrected chi connectivity index (χ3v) is 4.96. The summed E-state index contributed by atoms with van der Waals surface area (Å²) in [5.41, 5.74) is 1.64. The Balaban J connectivity index is 1.43. The molecule has 1 N–H and O–H groups in total. The third kappa shape index (κ3) is 3.03. The quantitative estimate of drug-likeness (QED) is 0.752. The lowest BCUT2D eigenvalue weighted by Gasteiger charge is -2.42. The minimum Gasteiger partial charge on any atom is -0.448 e.